The van der Waals surface area contributed by atoms with Crippen LogP contribution in [0.25, 0.3) is 0 Å². The monoisotopic (exact) mass is 331 g/mol. The van der Waals surface area contributed by atoms with Gasteiger partial charge in [-0.25, -0.2) is 5.43 Å². The minimum Gasteiger partial charge on any atom is -0.476 e. The van der Waals surface area contributed by atoms with Crippen LogP contribution in [0, 0.1) is 5.92 Å². The Morgan fingerprint density at radius 3 is 2.62 bits per heavy atom. The maximum absolute atomic E-state index is 12.4. The molecule has 2 aliphatic heterocycles. The normalized spacial score (nSPS) is 25.0. The molecule has 0 radical (unpaired) electrons. The second-order valence-corrected chi connectivity index (χ2v) is 7.06. The third kappa shape index (κ3) is 3.67. The van der Waals surface area contributed by atoms with E-state index in [1.165, 1.54) is 12.8 Å². The summed E-state index contributed by atoms with van der Waals surface area (Å²) in [6.07, 6.45) is 5.31. The first-order chi connectivity index (χ1) is 11.8. The molecule has 3 heterocycles. The zero-order valence-electron chi connectivity index (χ0n) is 13.9. The molecule has 1 aliphatic carbocycles. The van der Waals surface area contributed by atoms with E-state index in [1.807, 2.05) is 17.0 Å². The van der Waals surface area contributed by atoms with Gasteiger partial charge in [-0.2, -0.15) is 5.10 Å². The SMILES string of the molecule is O=C(C1CCNN1)N1CCC(COc2ccc(C3CC3)nn2)CC1. The molecule has 1 aromatic heterocycles. The van der Waals surface area contributed by atoms with Gasteiger partial charge >= 0.3 is 0 Å². The number of hydrogen-bond donors (Lipinski definition) is 2. The first kappa shape index (κ1) is 15.8. The topological polar surface area (TPSA) is 79.4 Å². The summed E-state index contributed by atoms with van der Waals surface area (Å²) in [4.78, 5) is 14.3. The smallest absolute Gasteiger partial charge is 0.241 e. The molecule has 3 fully saturated rings. The molecule has 130 valence electrons. The molecule has 1 saturated carbocycles. The summed E-state index contributed by atoms with van der Waals surface area (Å²) in [5, 5.41) is 8.41. The lowest BCUT2D eigenvalue weighted by molar-refractivity contribution is -0.134. The maximum Gasteiger partial charge on any atom is 0.241 e. The number of carbonyl (C=O) groups is 1. The zero-order chi connectivity index (χ0) is 16.4. The third-order valence-electron chi connectivity index (χ3n) is 5.18. The van der Waals surface area contributed by atoms with Crippen LogP contribution >= 0.6 is 0 Å². The second kappa shape index (κ2) is 7.03. The molecule has 2 N–H and O–H groups in total. The fourth-order valence-corrected chi connectivity index (χ4v) is 3.42. The number of likely N-dealkylation sites (tertiary alicyclic amines) is 1. The van der Waals surface area contributed by atoms with Crippen molar-refractivity contribution in [2.75, 3.05) is 26.2 Å². The van der Waals surface area contributed by atoms with Gasteiger partial charge in [-0.15, -0.1) is 5.10 Å². The molecule has 7 nitrogen and oxygen atoms in total. The van der Waals surface area contributed by atoms with Gasteiger partial charge in [-0.05, 0) is 44.1 Å². The van der Waals surface area contributed by atoms with Crippen LogP contribution in [0.2, 0.25) is 0 Å². The average Bonchev–Trinajstić information content (AvgIpc) is 3.34. The molecular formula is C17H25N5O2. The van der Waals surface area contributed by atoms with Crippen molar-refractivity contribution < 1.29 is 9.53 Å². The Balaban J connectivity index is 1.20. The highest BCUT2D eigenvalue weighted by Crippen LogP contribution is 2.38. The van der Waals surface area contributed by atoms with Gasteiger partial charge in [0.15, 0.2) is 0 Å². The number of ether oxygens (including phenoxy) is 1. The molecule has 1 amide bonds. The number of carbonyl (C=O) groups excluding carboxylic acids is 1. The lowest BCUT2D eigenvalue weighted by atomic mass is 9.97. The summed E-state index contributed by atoms with van der Waals surface area (Å²) in [5.41, 5.74) is 7.16. The molecule has 0 bridgehead atoms. The Hall–Kier alpha value is -1.73. The van der Waals surface area contributed by atoms with Crippen molar-refractivity contribution in [1.29, 1.82) is 0 Å². The Labute approximate surface area is 142 Å². The fraction of sp³-hybridized carbons (Fsp3) is 0.706. The minimum absolute atomic E-state index is 0.0574. The molecule has 7 heteroatoms. The molecule has 3 aliphatic rings. The maximum atomic E-state index is 12.4. The van der Waals surface area contributed by atoms with E-state index in [2.05, 4.69) is 21.0 Å². The Morgan fingerprint density at radius 1 is 1.17 bits per heavy atom. The summed E-state index contributed by atoms with van der Waals surface area (Å²) < 4.78 is 5.80. The second-order valence-electron chi connectivity index (χ2n) is 7.06. The first-order valence-corrected chi connectivity index (χ1v) is 9.03. The predicted molar refractivity (Wildman–Crippen MR) is 88.3 cm³/mol. The van der Waals surface area contributed by atoms with Gasteiger partial charge in [-0.1, -0.05) is 0 Å². The van der Waals surface area contributed by atoms with E-state index < -0.39 is 0 Å². The van der Waals surface area contributed by atoms with E-state index in [0.29, 0.717) is 24.3 Å². The van der Waals surface area contributed by atoms with Crippen LogP contribution in [0.5, 0.6) is 5.88 Å². The summed E-state index contributed by atoms with van der Waals surface area (Å²) in [5.74, 6) is 1.94. The van der Waals surface area contributed by atoms with Crippen molar-refractivity contribution in [2.45, 2.75) is 44.1 Å². The van der Waals surface area contributed by atoms with E-state index in [4.69, 9.17) is 4.74 Å². The molecule has 1 atom stereocenters. The van der Waals surface area contributed by atoms with E-state index in [0.717, 1.165) is 44.6 Å². The van der Waals surface area contributed by atoms with Gasteiger partial charge in [-0.3, -0.25) is 10.2 Å². The van der Waals surface area contributed by atoms with Crippen molar-refractivity contribution in [3.05, 3.63) is 17.8 Å². The van der Waals surface area contributed by atoms with E-state index in [-0.39, 0.29) is 11.9 Å². The van der Waals surface area contributed by atoms with E-state index >= 15 is 0 Å². The third-order valence-corrected chi connectivity index (χ3v) is 5.18. The zero-order valence-corrected chi connectivity index (χ0v) is 13.9. The van der Waals surface area contributed by atoms with Crippen molar-refractivity contribution in [3.63, 3.8) is 0 Å². The van der Waals surface area contributed by atoms with Crippen LogP contribution in [0.4, 0.5) is 0 Å². The quantitative estimate of drug-likeness (QED) is 0.832. The number of nitrogens with zero attached hydrogens (tertiary/aromatic N) is 3. The molecule has 4 rings (SSSR count). The van der Waals surface area contributed by atoms with Gasteiger partial charge in [0.1, 0.15) is 6.04 Å². The summed E-state index contributed by atoms with van der Waals surface area (Å²) in [7, 11) is 0. The van der Waals surface area contributed by atoms with Crippen LogP contribution in [0.1, 0.15) is 43.7 Å². The van der Waals surface area contributed by atoms with Crippen LogP contribution in [0.3, 0.4) is 0 Å². The fourth-order valence-electron chi connectivity index (χ4n) is 3.42. The molecule has 0 aromatic carbocycles. The number of rotatable bonds is 5. The number of amides is 1. The van der Waals surface area contributed by atoms with Crippen molar-refractivity contribution >= 4 is 5.91 Å². The molecule has 24 heavy (non-hydrogen) atoms. The lowest BCUT2D eigenvalue weighted by Gasteiger charge is -2.33. The van der Waals surface area contributed by atoms with Crippen molar-refractivity contribution in [1.82, 2.24) is 25.9 Å². The van der Waals surface area contributed by atoms with Gasteiger partial charge < -0.3 is 9.64 Å². The number of aromatic nitrogens is 2. The summed E-state index contributed by atoms with van der Waals surface area (Å²) in [6.45, 7) is 3.15. The van der Waals surface area contributed by atoms with E-state index in [1.54, 1.807) is 0 Å². The summed E-state index contributed by atoms with van der Waals surface area (Å²) in [6, 6.07) is 3.90. The molecule has 0 spiro atoms. The Bertz CT molecular complexity index is 561. The van der Waals surface area contributed by atoms with Crippen molar-refractivity contribution in [3.8, 4) is 5.88 Å². The minimum atomic E-state index is -0.0574. The standard InChI is InChI=1S/C17H25N5O2/c23-17(15-5-8-18-19-15)22-9-6-12(7-10-22)11-24-16-4-3-14(20-21-16)13-1-2-13/h3-4,12-13,15,18-19H,1-2,5-11H2. The molecular weight excluding hydrogens is 306 g/mol. The Morgan fingerprint density at radius 2 is 2.00 bits per heavy atom. The first-order valence-electron chi connectivity index (χ1n) is 9.03. The molecule has 1 unspecified atom stereocenters. The number of piperidine rings is 1. The highest BCUT2D eigenvalue weighted by Gasteiger charge is 2.30. The number of nitrogens with one attached hydrogen (secondary N) is 2. The molecule has 2 saturated heterocycles. The van der Waals surface area contributed by atoms with Crippen molar-refractivity contribution in [2.24, 2.45) is 5.92 Å². The van der Waals surface area contributed by atoms with Crippen LogP contribution in [0.15, 0.2) is 12.1 Å². The number of hydrazine groups is 1. The van der Waals surface area contributed by atoms with Crippen LogP contribution in [-0.2, 0) is 4.79 Å². The Kier molecular flexibility index (Phi) is 4.62. The largest absolute Gasteiger partial charge is 0.476 e. The van der Waals surface area contributed by atoms with E-state index in [9.17, 15) is 4.79 Å². The van der Waals surface area contributed by atoms with Gasteiger partial charge in [0.05, 0.1) is 12.3 Å². The lowest BCUT2D eigenvalue weighted by Crippen LogP contribution is -2.48. The summed E-state index contributed by atoms with van der Waals surface area (Å²) >= 11 is 0. The van der Waals surface area contributed by atoms with Crippen LogP contribution < -0.4 is 15.6 Å². The molecule has 1 aromatic rings. The van der Waals surface area contributed by atoms with Gasteiger partial charge in [0.25, 0.3) is 0 Å². The number of hydrogen-bond acceptors (Lipinski definition) is 6. The highest BCUT2D eigenvalue weighted by molar-refractivity contribution is 5.82. The van der Waals surface area contributed by atoms with Gasteiger partial charge in [0, 0.05) is 31.6 Å². The van der Waals surface area contributed by atoms with Crippen LogP contribution in [-0.4, -0.2) is 53.3 Å². The highest BCUT2D eigenvalue weighted by atomic mass is 16.5. The van der Waals surface area contributed by atoms with Gasteiger partial charge in [0.2, 0.25) is 11.8 Å². The average molecular weight is 331 g/mol. The predicted octanol–water partition coefficient (Wildman–Crippen LogP) is 0.838.